The van der Waals surface area contributed by atoms with Crippen molar-refractivity contribution < 1.29 is 23.6 Å². The molecule has 1 aliphatic rings. The van der Waals surface area contributed by atoms with Gasteiger partial charge in [0.2, 0.25) is 0 Å². The largest absolute Gasteiger partial charge is 0.452 e. The number of nitrogens with zero attached hydrogens (tertiary/aromatic N) is 3. The summed E-state index contributed by atoms with van der Waals surface area (Å²) in [5.74, 6) is -1.59. The van der Waals surface area contributed by atoms with Gasteiger partial charge in [-0.1, -0.05) is 0 Å². The Labute approximate surface area is 187 Å². The second kappa shape index (κ2) is 9.07. The van der Waals surface area contributed by atoms with Gasteiger partial charge < -0.3 is 15.4 Å². The summed E-state index contributed by atoms with van der Waals surface area (Å²) in [5.41, 5.74) is 1.20. The maximum absolute atomic E-state index is 13.2. The van der Waals surface area contributed by atoms with Crippen molar-refractivity contribution in [1.82, 2.24) is 9.78 Å². The van der Waals surface area contributed by atoms with Gasteiger partial charge in [0, 0.05) is 18.2 Å². The first kappa shape index (κ1) is 21.9. The second-order valence-electron chi connectivity index (χ2n) is 7.59. The molecule has 0 radical (unpaired) electrons. The van der Waals surface area contributed by atoms with Crippen LogP contribution in [0.5, 0.6) is 0 Å². The number of hydrogen-bond acceptors (Lipinski definition) is 7. The number of nitrogens with one attached hydrogen (secondary N) is 2. The van der Waals surface area contributed by atoms with Crippen LogP contribution in [0, 0.1) is 22.9 Å². The number of esters is 1. The predicted molar refractivity (Wildman–Crippen MR) is 117 cm³/mol. The molecule has 0 bridgehead atoms. The van der Waals surface area contributed by atoms with Crippen LogP contribution in [0.1, 0.15) is 28.9 Å². The van der Waals surface area contributed by atoms with E-state index in [2.05, 4.69) is 15.7 Å². The monoisotopic (exact) mass is 453 g/mol. The normalized spacial score (nSPS) is 12.8. The number of hydrogen-bond donors (Lipinski definition) is 2. The molecule has 1 heterocycles. The maximum atomic E-state index is 13.2. The number of aryl methyl sites for hydroxylation is 1. The minimum Gasteiger partial charge on any atom is -0.452 e. The molecule has 1 aliphatic carbocycles. The number of aromatic nitrogens is 2. The Morgan fingerprint density at radius 2 is 1.94 bits per heavy atom. The lowest BCUT2D eigenvalue weighted by Crippen LogP contribution is -2.22. The van der Waals surface area contributed by atoms with E-state index < -0.39 is 29.2 Å². The van der Waals surface area contributed by atoms with Crippen molar-refractivity contribution in [1.29, 1.82) is 0 Å². The van der Waals surface area contributed by atoms with E-state index in [-0.39, 0.29) is 17.3 Å². The smallest absolute Gasteiger partial charge is 0.338 e. The van der Waals surface area contributed by atoms with Crippen LogP contribution in [0.3, 0.4) is 0 Å². The van der Waals surface area contributed by atoms with Crippen LogP contribution >= 0.6 is 0 Å². The number of benzene rings is 2. The Hall–Kier alpha value is -4.28. The quantitative estimate of drug-likeness (QED) is 0.303. The van der Waals surface area contributed by atoms with Crippen molar-refractivity contribution in [2.45, 2.75) is 25.8 Å². The molecule has 170 valence electrons. The van der Waals surface area contributed by atoms with Crippen LogP contribution in [-0.2, 0) is 9.53 Å². The van der Waals surface area contributed by atoms with Gasteiger partial charge in [-0.2, -0.15) is 5.10 Å². The molecule has 3 aromatic rings. The zero-order valence-corrected chi connectivity index (χ0v) is 17.6. The number of amides is 1. The zero-order chi connectivity index (χ0) is 23.5. The van der Waals surface area contributed by atoms with Gasteiger partial charge in [-0.15, -0.1) is 0 Å². The lowest BCUT2D eigenvalue weighted by Gasteiger charge is -2.10. The molecule has 0 spiro atoms. The fourth-order valence-electron chi connectivity index (χ4n) is 3.14. The first-order valence-corrected chi connectivity index (χ1v) is 10.1. The van der Waals surface area contributed by atoms with Crippen LogP contribution in [0.15, 0.2) is 48.5 Å². The van der Waals surface area contributed by atoms with Crippen LogP contribution in [0.2, 0.25) is 0 Å². The highest BCUT2D eigenvalue weighted by Crippen LogP contribution is 2.31. The van der Waals surface area contributed by atoms with Crippen molar-refractivity contribution in [3.8, 4) is 5.69 Å². The summed E-state index contributed by atoms with van der Waals surface area (Å²) in [5, 5.41) is 21.3. The Morgan fingerprint density at radius 3 is 2.61 bits per heavy atom. The van der Waals surface area contributed by atoms with Gasteiger partial charge in [-0.3, -0.25) is 14.9 Å². The van der Waals surface area contributed by atoms with Gasteiger partial charge in [0.15, 0.2) is 6.61 Å². The van der Waals surface area contributed by atoms with E-state index in [1.165, 1.54) is 41.1 Å². The molecule has 10 nitrogen and oxygen atoms in total. The van der Waals surface area contributed by atoms with Gasteiger partial charge >= 0.3 is 5.97 Å². The number of anilines is 2. The van der Waals surface area contributed by atoms with Crippen LogP contribution in [-0.4, -0.2) is 39.2 Å². The minimum atomic E-state index is -0.866. The first-order valence-electron chi connectivity index (χ1n) is 10.1. The number of carbonyl (C=O) groups excluding carboxylic acids is 2. The van der Waals surface area contributed by atoms with Crippen molar-refractivity contribution in [2.24, 2.45) is 0 Å². The Kier molecular flexibility index (Phi) is 6.03. The third-order valence-electron chi connectivity index (χ3n) is 4.87. The Balaban J connectivity index is 1.40. The fraction of sp³-hybridized carbons (Fsp3) is 0.227. The third-order valence-corrected chi connectivity index (χ3v) is 4.87. The number of ether oxygens (including phenoxy) is 1. The summed E-state index contributed by atoms with van der Waals surface area (Å²) in [6.45, 7) is 1.12. The van der Waals surface area contributed by atoms with Crippen molar-refractivity contribution in [3.05, 3.63) is 75.7 Å². The molecule has 1 saturated carbocycles. The molecule has 0 atom stereocenters. The molecular formula is C22H20FN5O5. The van der Waals surface area contributed by atoms with Gasteiger partial charge in [-0.25, -0.2) is 13.9 Å². The van der Waals surface area contributed by atoms with Crippen LogP contribution < -0.4 is 10.6 Å². The van der Waals surface area contributed by atoms with Crippen LogP contribution in [0.25, 0.3) is 5.69 Å². The molecular weight excluding hydrogens is 433 g/mol. The second-order valence-corrected chi connectivity index (χ2v) is 7.59. The first-order chi connectivity index (χ1) is 15.8. The number of carbonyl (C=O) groups is 2. The summed E-state index contributed by atoms with van der Waals surface area (Å²) in [7, 11) is 0. The number of halogens is 1. The van der Waals surface area contributed by atoms with Gasteiger partial charge in [0.1, 0.15) is 17.3 Å². The highest BCUT2D eigenvalue weighted by atomic mass is 19.1. The highest BCUT2D eigenvalue weighted by Gasteiger charge is 2.26. The molecule has 1 amide bonds. The molecule has 4 rings (SSSR count). The number of nitro groups is 1. The molecule has 33 heavy (non-hydrogen) atoms. The molecule has 1 aromatic heterocycles. The SMILES string of the molecule is Cc1cc(NC(=O)COC(=O)c2ccc(NC3CC3)c([N+](=O)[O-])c2)n(-c2ccc(F)cc2)n1. The maximum Gasteiger partial charge on any atom is 0.338 e. The van der Waals surface area contributed by atoms with E-state index in [1.807, 2.05) is 0 Å². The van der Waals surface area contributed by atoms with E-state index in [9.17, 15) is 24.1 Å². The average molecular weight is 453 g/mol. The molecule has 0 aliphatic heterocycles. The molecule has 2 aromatic carbocycles. The lowest BCUT2D eigenvalue weighted by atomic mass is 10.1. The lowest BCUT2D eigenvalue weighted by molar-refractivity contribution is -0.384. The fourth-order valence-corrected chi connectivity index (χ4v) is 3.14. The van der Waals surface area contributed by atoms with Crippen molar-refractivity contribution in [3.63, 3.8) is 0 Å². The van der Waals surface area contributed by atoms with E-state index in [4.69, 9.17) is 4.74 Å². The molecule has 2 N–H and O–H groups in total. The molecule has 0 unspecified atom stereocenters. The van der Waals surface area contributed by atoms with E-state index in [0.29, 0.717) is 22.9 Å². The number of nitro benzene ring substituents is 1. The van der Waals surface area contributed by atoms with Crippen LogP contribution in [0.4, 0.5) is 21.6 Å². The molecule has 1 fully saturated rings. The van der Waals surface area contributed by atoms with E-state index in [0.717, 1.165) is 18.9 Å². The van der Waals surface area contributed by atoms with E-state index in [1.54, 1.807) is 13.0 Å². The Bertz CT molecular complexity index is 1220. The minimum absolute atomic E-state index is 0.0388. The number of rotatable bonds is 8. The molecule has 11 heteroatoms. The molecule has 0 saturated heterocycles. The average Bonchev–Trinajstić information content (AvgIpc) is 3.53. The summed E-state index contributed by atoms with van der Waals surface area (Å²) in [6.07, 6.45) is 1.88. The van der Waals surface area contributed by atoms with Crippen molar-refractivity contribution in [2.75, 3.05) is 17.2 Å². The summed E-state index contributed by atoms with van der Waals surface area (Å²) < 4.78 is 19.6. The van der Waals surface area contributed by atoms with Gasteiger partial charge in [0.25, 0.3) is 11.6 Å². The van der Waals surface area contributed by atoms with E-state index >= 15 is 0 Å². The van der Waals surface area contributed by atoms with Crippen molar-refractivity contribution >= 4 is 29.1 Å². The summed E-state index contributed by atoms with van der Waals surface area (Å²) >= 11 is 0. The summed E-state index contributed by atoms with van der Waals surface area (Å²) in [6, 6.07) is 11.3. The van der Waals surface area contributed by atoms with Gasteiger partial charge in [-0.05, 0) is 56.2 Å². The Morgan fingerprint density at radius 1 is 1.21 bits per heavy atom. The topological polar surface area (TPSA) is 128 Å². The predicted octanol–water partition coefficient (Wildman–Crippen LogP) is 3.60. The standard InChI is InChI=1S/C22H20FN5O5/c1-13-10-20(27(26-13)17-7-3-15(23)4-8-17)25-21(29)12-33-22(30)14-2-9-18(24-16-5-6-16)19(11-14)28(31)32/h2-4,7-11,16,24H,5-6,12H2,1H3,(H,25,29). The highest BCUT2D eigenvalue weighted by molar-refractivity contribution is 5.96. The van der Waals surface area contributed by atoms with Gasteiger partial charge in [0.05, 0.1) is 21.9 Å². The zero-order valence-electron chi connectivity index (χ0n) is 17.6. The third kappa shape index (κ3) is 5.32. The summed E-state index contributed by atoms with van der Waals surface area (Å²) in [4.78, 5) is 35.5.